The van der Waals surface area contributed by atoms with Crippen LogP contribution < -0.4 is 10.2 Å². The van der Waals surface area contributed by atoms with E-state index in [4.69, 9.17) is 0 Å². The van der Waals surface area contributed by atoms with Crippen LogP contribution in [0.4, 0.5) is 5.82 Å². The lowest BCUT2D eigenvalue weighted by Crippen LogP contribution is -2.54. The standard InChI is InChI=1S/C14H24N4/c1-17-9-7-14(16-17)18-10-8-15-13(11-18)12-5-3-2-4-6-12/h7,9,12-13,15H,2-6,8,10-11H2,1H3. The van der Waals surface area contributed by atoms with E-state index in [0.29, 0.717) is 6.04 Å². The average molecular weight is 248 g/mol. The Balaban J connectivity index is 1.64. The normalized spacial score (nSPS) is 26.5. The molecular weight excluding hydrogens is 224 g/mol. The first-order chi connectivity index (χ1) is 8.83. The summed E-state index contributed by atoms with van der Waals surface area (Å²) in [7, 11) is 1.99. The molecule has 4 nitrogen and oxygen atoms in total. The molecule has 0 amide bonds. The Kier molecular flexibility index (Phi) is 3.55. The molecule has 1 aliphatic heterocycles. The number of anilines is 1. The number of hydrogen-bond donors (Lipinski definition) is 1. The van der Waals surface area contributed by atoms with Crippen LogP contribution in [-0.2, 0) is 7.05 Å². The largest absolute Gasteiger partial charge is 0.352 e. The summed E-state index contributed by atoms with van der Waals surface area (Å²) in [6.45, 7) is 3.31. The van der Waals surface area contributed by atoms with Crippen LogP contribution >= 0.6 is 0 Å². The second-order valence-electron chi connectivity index (χ2n) is 5.75. The third-order valence-corrected chi connectivity index (χ3v) is 4.45. The number of piperazine rings is 1. The molecule has 1 aromatic heterocycles. The maximum absolute atomic E-state index is 4.53. The van der Waals surface area contributed by atoms with Gasteiger partial charge in [0, 0.05) is 45.0 Å². The molecular formula is C14H24N4. The molecule has 0 aromatic carbocycles. The number of hydrogen-bond acceptors (Lipinski definition) is 3. The highest BCUT2D eigenvalue weighted by molar-refractivity contribution is 5.38. The highest BCUT2D eigenvalue weighted by atomic mass is 15.3. The lowest BCUT2D eigenvalue weighted by atomic mass is 9.83. The minimum Gasteiger partial charge on any atom is -0.352 e. The fourth-order valence-corrected chi connectivity index (χ4v) is 3.41. The smallest absolute Gasteiger partial charge is 0.150 e. The van der Waals surface area contributed by atoms with E-state index in [9.17, 15) is 0 Å². The zero-order valence-corrected chi connectivity index (χ0v) is 11.3. The summed E-state index contributed by atoms with van der Waals surface area (Å²) in [6.07, 6.45) is 9.14. The van der Waals surface area contributed by atoms with Gasteiger partial charge in [-0.3, -0.25) is 4.68 Å². The zero-order valence-electron chi connectivity index (χ0n) is 11.3. The van der Waals surface area contributed by atoms with Crippen LogP contribution in [0, 0.1) is 5.92 Å². The molecule has 1 aromatic rings. The van der Waals surface area contributed by atoms with Crippen molar-refractivity contribution < 1.29 is 0 Å². The first kappa shape index (κ1) is 12.0. The van der Waals surface area contributed by atoms with Gasteiger partial charge in [-0.05, 0) is 18.8 Å². The monoisotopic (exact) mass is 248 g/mol. The fraction of sp³-hybridized carbons (Fsp3) is 0.786. The van der Waals surface area contributed by atoms with Crippen molar-refractivity contribution in [1.29, 1.82) is 0 Å². The van der Waals surface area contributed by atoms with Gasteiger partial charge in [0.2, 0.25) is 0 Å². The molecule has 1 atom stereocenters. The Morgan fingerprint density at radius 3 is 2.83 bits per heavy atom. The van der Waals surface area contributed by atoms with Crippen LogP contribution in [0.15, 0.2) is 12.3 Å². The molecule has 1 unspecified atom stereocenters. The molecule has 18 heavy (non-hydrogen) atoms. The summed E-state index contributed by atoms with van der Waals surface area (Å²) >= 11 is 0. The van der Waals surface area contributed by atoms with Crippen molar-refractivity contribution >= 4 is 5.82 Å². The predicted molar refractivity (Wildman–Crippen MR) is 73.8 cm³/mol. The lowest BCUT2D eigenvalue weighted by molar-refractivity contribution is 0.256. The molecule has 0 bridgehead atoms. The van der Waals surface area contributed by atoms with Crippen molar-refractivity contribution in [3.05, 3.63) is 12.3 Å². The van der Waals surface area contributed by atoms with E-state index in [-0.39, 0.29) is 0 Å². The molecule has 1 saturated carbocycles. The van der Waals surface area contributed by atoms with Gasteiger partial charge in [-0.2, -0.15) is 5.10 Å². The first-order valence-electron chi connectivity index (χ1n) is 7.31. The molecule has 4 heteroatoms. The van der Waals surface area contributed by atoms with Gasteiger partial charge in [0.1, 0.15) is 0 Å². The summed E-state index contributed by atoms with van der Waals surface area (Å²) < 4.78 is 1.90. The van der Waals surface area contributed by atoms with Crippen LogP contribution in [-0.4, -0.2) is 35.5 Å². The number of aryl methyl sites for hydroxylation is 1. The second kappa shape index (κ2) is 5.31. The van der Waals surface area contributed by atoms with Crippen molar-refractivity contribution in [3.63, 3.8) is 0 Å². The second-order valence-corrected chi connectivity index (χ2v) is 5.75. The number of nitrogens with one attached hydrogen (secondary N) is 1. The van der Waals surface area contributed by atoms with Crippen LogP contribution in [0.25, 0.3) is 0 Å². The van der Waals surface area contributed by atoms with E-state index in [2.05, 4.69) is 21.4 Å². The Morgan fingerprint density at radius 2 is 2.11 bits per heavy atom. The van der Waals surface area contributed by atoms with E-state index in [0.717, 1.165) is 31.4 Å². The molecule has 0 spiro atoms. The highest BCUT2D eigenvalue weighted by Gasteiger charge is 2.28. The van der Waals surface area contributed by atoms with Crippen molar-refractivity contribution in [2.45, 2.75) is 38.1 Å². The summed E-state index contributed by atoms with van der Waals surface area (Å²) in [6, 6.07) is 2.80. The van der Waals surface area contributed by atoms with Crippen molar-refractivity contribution in [2.24, 2.45) is 13.0 Å². The fourth-order valence-electron chi connectivity index (χ4n) is 3.41. The van der Waals surface area contributed by atoms with Gasteiger partial charge in [0.05, 0.1) is 0 Å². The molecule has 1 N–H and O–H groups in total. The maximum atomic E-state index is 4.53. The molecule has 2 heterocycles. The van der Waals surface area contributed by atoms with Gasteiger partial charge in [-0.1, -0.05) is 19.3 Å². The van der Waals surface area contributed by atoms with Crippen LogP contribution in [0.3, 0.4) is 0 Å². The van der Waals surface area contributed by atoms with Gasteiger partial charge >= 0.3 is 0 Å². The molecule has 0 radical (unpaired) electrons. The summed E-state index contributed by atoms with van der Waals surface area (Å²) in [5, 5.41) is 8.25. The lowest BCUT2D eigenvalue weighted by Gasteiger charge is -2.39. The quantitative estimate of drug-likeness (QED) is 0.866. The van der Waals surface area contributed by atoms with Gasteiger partial charge in [-0.15, -0.1) is 0 Å². The van der Waals surface area contributed by atoms with Crippen molar-refractivity contribution in [2.75, 3.05) is 24.5 Å². The van der Waals surface area contributed by atoms with Gasteiger partial charge in [0.15, 0.2) is 5.82 Å². The zero-order chi connectivity index (χ0) is 12.4. The Hall–Kier alpha value is -1.03. The van der Waals surface area contributed by atoms with Gasteiger partial charge in [-0.25, -0.2) is 0 Å². The van der Waals surface area contributed by atoms with E-state index in [1.54, 1.807) is 0 Å². The highest BCUT2D eigenvalue weighted by Crippen LogP contribution is 2.28. The molecule has 2 fully saturated rings. The summed E-state index contributed by atoms with van der Waals surface area (Å²) in [5.41, 5.74) is 0. The van der Waals surface area contributed by atoms with E-state index in [1.807, 2.05) is 17.9 Å². The summed E-state index contributed by atoms with van der Waals surface area (Å²) in [4.78, 5) is 2.44. The van der Waals surface area contributed by atoms with Crippen LogP contribution in [0.2, 0.25) is 0 Å². The summed E-state index contributed by atoms with van der Waals surface area (Å²) in [5.74, 6) is 2.02. The first-order valence-corrected chi connectivity index (χ1v) is 7.31. The topological polar surface area (TPSA) is 33.1 Å². The van der Waals surface area contributed by atoms with E-state index in [1.165, 1.54) is 32.1 Å². The third kappa shape index (κ3) is 2.53. The Labute approximate surface area is 109 Å². The minimum atomic E-state index is 0.668. The Morgan fingerprint density at radius 1 is 1.28 bits per heavy atom. The Bertz CT molecular complexity index is 381. The number of rotatable bonds is 2. The van der Waals surface area contributed by atoms with Gasteiger partial charge in [0.25, 0.3) is 0 Å². The average Bonchev–Trinajstić information content (AvgIpc) is 2.87. The SMILES string of the molecule is Cn1ccc(N2CCNC(C3CCCCC3)C2)n1. The third-order valence-electron chi connectivity index (χ3n) is 4.45. The van der Waals surface area contributed by atoms with Crippen molar-refractivity contribution in [1.82, 2.24) is 15.1 Å². The van der Waals surface area contributed by atoms with E-state index >= 15 is 0 Å². The van der Waals surface area contributed by atoms with Crippen molar-refractivity contribution in [3.8, 4) is 0 Å². The van der Waals surface area contributed by atoms with Gasteiger partial charge < -0.3 is 10.2 Å². The minimum absolute atomic E-state index is 0.668. The number of nitrogens with zero attached hydrogens (tertiary/aromatic N) is 3. The molecule has 100 valence electrons. The molecule has 3 rings (SSSR count). The maximum Gasteiger partial charge on any atom is 0.150 e. The molecule has 1 saturated heterocycles. The molecule has 2 aliphatic rings. The number of aromatic nitrogens is 2. The van der Waals surface area contributed by atoms with E-state index < -0.39 is 0 Å². The van der Waals surface area contributed by atoms with Crippen LogP contribution in [0.5, 0.6) is 0 Å². The predicted octanol–water partition coefficient (Wildman–Crippen LogP) is 1.78. The van der Waals surface area contributed by atoms with Crippen LogP contribution in [0.1, 0.15) is 32.1 Å². The molecule has 1 aliphatic carbocycles.